The molecule has 0 aromatic heterocycles. The van der Waals surface area contributed by atoms with Gasteiger partial charge in [-0.15, -0.1) is 0 Å². The number of hydrogen-bond acceptors (Lipinski definition) is 3. The summed E-state index contributed by atoms with van der Waals surface area (Å²) in [5.41, 5.74) is 0.509. The van der Waals surface area contributed by atoms with Gasteiger partial charge in [-0.3, -0.25) is 0 Å². The number of aliphatic hydroxyl groups is 1. The maximum atomic E-state index is 12.2. The molecule has 0 spiro atoms. The van der Waals surface area contributed by atoms with E-state index in [9.17, 15) is 9.90 Å². The first-order valence-corrected chi connectivity index (χ1v) is 7.83. The van der Waals surface area contributed by atoms with Crippen molar-refractivity contribution in [1.82, 2.24) is 4.90 Å². The summed E-state index contributed by atoms with van der Waals surface area (Å²) < 4.78 is 5.76. The van der Waals surface area contributed by atoms with Gasteiger partial charge in [0, 0.05) is 25.4 Å². The van der Waals surface area contributed by atoms with Crippen LogP contribution in [-0.4, -0.2) is 41.3 Å². The molecule has 0 aliphatic carbocycles. The Morgan fingerprint density at radius 2 is 2.05 bits per heavy atom. The van der Waals surface area contributed by atoms with Crippen molar-refractivity contribution in [3.8, 4) is 5.75 Å². The first-order chi connectivity index (χ1) is 10.4. The number of likely N-dealkylation sites (tertiary alicyclic amines) is 1. The van der Waals surface area contributed by atoms with E-state index in [0.29, 0.717) is 6.54 Å². The van der Waals surface area contributed by atoms with Crippen LogP contribution in [0.2, 0.25) is 0 Å². The quantitative estimate of drug-likeness (QED) is 0.902. The number of hydrogen-bond donors (Lipinski definition) is 2. The Morgan fingerprint density at radius 3 is 2.64 bits per heavy atom. The van der Waals surface area contributed by atoms with Gasteiger partial charge < -0.3 is 20.1 Å². The Balaban J connectivity index is 1.91. The van der Waals surface area contributed by atoms with Crippen molar-refractivity contribution >= 4 is 11.7 Å². The molecule has 0 saturated carbocycles. The molecule has 2 amide bonds. The van der Waals surface area contributed by atoms with Gasteiger partial charge >= 0.3 is 6.03 Å². The number of rotatable bonds is 3. The smallest absolute Gasteiger partial charge is 0.321 e. The first kappa shape index (κ1) is 16.6. The van der Waals surface area contributed by atoms with E-state index in [1.807, 2.05) is 45.0 Å². The summed E-state index contributed by atoms with van der Waals surface area (Å²) in [5, 5.41) is 12.1. The van der Waals surface area contributed by atoms with Crippen LogP contribution < -0.4 is 10.1 Å². The molecule has 0 bridgehead atoms. The van der Waals surface area contributed by atoms with Crippen LogP contribution in [0.15, 0.2) is 24.3 Å². The van der Waals surface area contributed by atoms with E-state index in [1.165, 1.54) is 0 Å². The topological polar surface area (TPSA) is 61.8 Å². The Hall–Kier alpha value is -1.75. The Kier molecular flexibility index (Phi) is 5.29. The van der Waals surface area contributed by atoms with E-state index in [-0.39, 0.29) is 24.2 Å². The molecule has 1 aromatic carbocycles. The van der Waals surface area contributed by atoms with Crippen LogP contribution in [0.3, 0.4) is 0 Å². The van der Waals surface area contributed by atoms with Crippen LogP contribution in [0.4, 0.5) is 10.5 Å². The van der Waals surface area contributed by atoms with Crippen molar-refractivity contribution < 1.29 is 14.6 Å². The number of benzene rings is 1. The zero-order chi connectivity index (χ0) is 16.2. The highest BCUT2D eigenvalue weighted by atomic mass is 16.5. The minimum Gasteiger partial charge on any atom is -0.488 e. The molecule has 1 aliphatic rings. The van der Waals surface area contributed by atoms with E-state index in [0.717, 1.165) is 30.8 Å². The molecule has 1 aliphatic heterocycles. The maximum Gasteiger partial charge on any atom is 0.321 e. The average Bonchev–Trinajstić information content (AvgIpc) is 2.48. The van der Waals surface area contributed by atoms with Gasteiger partial charge in [0.2, 0.25) is 0 Å². The van der Waals surface area contributed by atoms with Crippen molar-refractivity contribution in [2.75, 3.05) is 25.0 Å². The number of nitrogens with zero attached hydrogens (tertiary/aromatic N) is 1. The van der Waals surface area contributed by atoms with E-state index >= 15 is 0 Å². The van der Waals surface area contributed by atoms with E-state index in [2.05, 4.69) is 5.32 Å². The molecule has 1 heterocycles. The molecule has 2 N–H and O–H groups in total. The zero-order valence-corrected chi connectivity index (χ0v) is 13.6. The lowest BCUT2D eigenvalue weighted by Crippen LogP contribution is -2.43. The lowest BCUT2D eigenvalue weighted by molar-refractivity contribution is 0.131. The van der Waals surface area contributed by atoms with E-state index in [4.69, 9.17) is 4.74 Å². The highest BCUT2D eigenvalue weighted by molar-refractivity contribution is 5.89. The number of aliphatic hydroxyl groups excluding tert-OH is 1. The molecule has 22 heavy (non-hydrogen) atoms. The third kappa shape index (κ3) is 4.91. The first-order valence-electron chi connectivity index (χ1n) is 7.83. The molecule has 1 fully saturated rings. The molecule has 122 valence electrons. The lowest BCUT2D eigenvalue weighted by atomic mass is 9.99. The number of carbonyl (C=O) groups excluding carboxylic acids is 1. The van der Waals surface area contributed by atoms with Gasteiger partial charge in [-0.1, -0.05) is 0 Å². The van der Waals surface area contributed by atoms with Crippen LogP contribution in [0.1, 0.15) is 33.6 Å². The number of urea groups is 1. The molecule has 5 nitrogen and oxygen atoms in total. The molecule has 1 saturated heterocycles. The molecule has 2 rings (SSSR count). The van der Waals surface area contributed by atoms with Crippen LogP contribution in [0.25, 0.3) is 0 Å². The highest BCUT2D eigenvalue weighted by Gasteiger charge is 2.23. The highest BCUT2D eigenvalue weighted by Crippen LogP contribution is 2.21. The maximum absolute atomic E-state index is 12.2. The second-order valence-corrected chi connectivity index (χ2v) is 6.81. The fourth-order valence-corrected chi connectivity index (χ4v) is 2.56. The largest absolute Gasteiger partial charge is 0.488 e. The van der Waals surface area contributed by atoms with Crippen LogP contribution in [0, 0.1) is 5.92 Å². The number of nitrogens with one attached hydrogen (secondary N) is 1. The summed E-state index contributed by atoms with van der Waals surface area (Å²) in [6.45, 7) is 7.49. The number of piperidine rings is 1. The zero-order valence-electron chi connectivity index (χ0n) is 13.6. The molecule has 1 atom stereocenters. The Morgan fingerprint density at radius 1 is 1.36 bits per heavy atom. The Bertz CT molecular complexity index is 494. The van der Waals surface area contributed by atoms with Crippen molar-refractivity contribution in [2.45, 2.75) is 39.2 Å². The van der Waals surface area contributed by atoms with Gasteiger partial charge in [0.15, 0.2) is 0 Å². The number of carbonyl (C=O) groups is 1. The standard InChI is InChI=1S/C17H26N2O3/c1-17(2,3)22-15-8-6-14(7-9-15)18-16(21)19-10-4-5-13(11-19)12-20/h6-9,13,20H,4-5,10-12H2,1-3H3,(H,18,21). The molecule has 0 radical (unpaired) electrons. The van der Waals surface area contributed by atoms with Crippen molar-refractivity contribution in [3.63, 3.8) is 0 Å². The number of amides is 2. The van der Waals surface area contributed by atoms with Gasteiger partial charge in [0.25, 0.3) is 0 Å². The third-order valence-corrected chi connectivity index (χ3v) is 3.59. The lowest BCUT2D eigenvalue weighted by Gasteiger charge is -2.31. The summed E-state index contributed by atoms with van der Waals surface area (Å²) in [6, 6.07) is 7.28. The van der Waals surface area contributed by atoms with Gasteiger partial charge in [-0.25, -0.2) is 4.79 Å². The summed E-state index contributed by atoms with van der Waals surface area (Å²) in [7, 11) is 0. The SMILES string of the molecule is CC(C)(C)Oc1ccc(NC(=O)N2CCCC(CO)C2)cc1. The Labute approximate surface area is 132 Å². The molecule has 1 aromatic rings. The van der Waals surface area contributed by atoms with Crippen molar-refractivity contribution in [1.29, 1.82) is 0 Å². The molecule has 1 unspecified atom stereocenters. The van der Waals surface area contributed by atoms with Gasteiger partial charge in [0.1, 0.15) is 11.4 Å². The second-order valence-electron chi connectivity index (χ2n) is 6.81. The number of ether oxygens (including phenoxy) is 1. The minimum atomic E-state index is -0.238. The van der Waals surface area contributed by atoms with Crippen LogP contribution >= 0.6 is 0 Å². The normalized spacial score (nSPS) is 18.9. The predicted molar refractivity (Wildman–Crippen MR) is 87.2 cm³/mol. The summed E-state index contributed by atoms with van der Waals surface area (Å²) >= 11 is 0. The van der Waals surface area contributed by atoms with Gasteiger partial charge in [0.05, 0.1) is 0 Å². The third-order valence-electron chi connectivity index (χ3n) is 3.59. The fourth-order valence-electron chi connectivity index (χ4n) is 2.56. The van der Waals surface area contributed by atoms with Gasteiger partial charge in [-0.2, -0.15) is 0 Å². The summed E-state index contributed by atoms with van der Waals surface area (Å²) in [4.78, 5) is 14.0. The average molecular weight is 306 g/mol. The number of anilines is 1. The van der Waals surface area contributed by atoms with Gasteiger partial charge in [-0.05, 0) is 63.8 Å². The monoisotopic (exact) mass is 306 g/mol. The van der Waals surface area contributed by atoms with Crippen LogP contribution in [0.5, 0.6) is 5.75 Å². The van der Waals surface area contributed by atoms with Crippen molar-refractivity contribution in [2.24, 2.45) is 5.92 Å². The van der Waals surface area contributed by atoms with Crippen molar-refractivity contribution in [3.05, 3.63) is 24.3 Å². The van der Waals surface area contributed by atoms with E-state index < -0.39 is 0 Å². The van der Waals surface area contributed by atoms with Crippen LogP contribution in [-0.2, 0) is 0 Å². The molecular formula is C17H26N2O3. The molecular weight excluding hydrogens is 280 g/mol. The summed E-state index contributed by atoms with van der Waals surface area (Å²) in [6.07, 6.45) is 1.93. The second kappa shape index (κ2) is 7.01. The minimum absolute atomic E-state index is 0.109. The predicted octanol–water partition coefficient (Wildman–Crippen LogP) is 3.10. The summed E-state index contributed by atoms with van der Waals surface area (Å²) in [5.74, 6) is 0.978. The fraction of sp³-hybridized carbons (Fsp3) is 0.588. The molecule has 5 heteroatoms. The van der Waals surface area contributed by atoms with E-state index in [1.54, 1.807) is 4.90 Å².